The van der Waals surface area contributed by atoms with E-state index in [0.717, 1.165) is 43.8 Å². The van der Waals surface area contributed by atoms with Crippen LogP contribution in [0.5, 0.6) is 0 Å². The Labute approximate surface area is 205 Å². The van der Waals surface area contributed by atoms with Crippen LogP contribution in [0.3, 0.4) is 0 Å². The number of morpholine rings is 1. The summed E-state index contributed by atoms with van der Waals surface area (Å²) in [4.78, 5) is 7.08. The first-order valence-electron chi connectivity index (χ1n) is 11.1. The average molecular weight is 559 g/mol. The molecule has 1 N–H and O–H groups in total. The van der Waals surface area contributed by atoms with Crippen molar-refractivity contribution >= 4 is 29.9 Å². The van der Waals surface area contributed by atoms with Crippen LogP contribution in [0.1, 0.15) is 49.8 Å². The van der Waals surface area contributed by atoms with E-state index in [1.165, 1.54) is 18.2 Å². The van der Waals surface area contributed by atoms with Crippen LogP contribution in [-0.4, -0.2) is 53.4 Å². The maximum absolute atomic E-state index is 14.7. The predicted molar refractivity (Wildman–Crippen MR) is 131 cm³/mol. The van der Waals surface area contributed by atoms with Gasteiger partial charge in [0.2, 0.25) is 0 Å². The lowest BCUT2D eigenvalue weighted by Gasteiger charge is -2.36. The van der Waals surface area contributed by atoms with Crippen molar-refractivity contribution in [3.63, 3.8) is 0 Å². The summed E-state index contributed by atoms with van der Waals surface area (Å²) in [7, 11) is 1.89. The molecule has 1 aliphatic carbocycles. The third-order valence-electron chi connectivity index (χ3n) is 6.38. The van der Waals surface area contributed by atoms with Gasteiger partial charge in [-0.15, -0.1) is 24.0 Å². The zero-order valence-electron chi connectivity index (χ0n) is 18.7. The summed E-state index contributed by atoms with van der Waals surface area (Å²) in [5.41, 5.74) is 0.636. The number of aliphatic imine (C=N–C) groups is 1. The van der Waals surface area contributed by atoms with Gasteiger partial charge in [0.15, 0.2) is 5.96 Å². The Hall–Kier alpha value is -1.75. The highest BCUT2D eigenvalue weighted by Gasteiger charge is 2.40. The van der Waals surface area contributed by atoms with Gasteiger partial charge >= 0.3 is 0 Å². The number of hydrogen-bond acceptors (Lipinski definition) is 3. The van der Waals surface area contributed by atoms with E-state index < -0.39 is 17.0 Å². The number of halogens is 3. The van der Waals surface area contributed by atoms with E-state index in [1.54, 1.807) is 4.68 Å². The van der Waals surface area contributed by atoms with Crippen molar-refractivity contribution < 1.29 is 13.5 Å². The molecule has 1 saturated carbocycles. The van der Waals surface area contributed by atoms with Gasteiger partial charge in [-0.2, -0.15) is 5.10 Å². The molecule has 6 nitrogen and oxygen atoms in total. The molecule has 1 atom stereocenters. The van der Waals surface area contributed by atoms with E-state index in [1.807, 2.05) is 26.4 Å². The maximum Gasteiger partial charge on any atom is 0.194 e. The van der Waals surface area contributed by atoms with Crippen LogP contribution in [0.2, 0.25) is 0 Å². The molecule has 2 aromatic rings. The monoisotopic (exact) mass is 559 g/mol. The SMILES string of the molecule is CCNC(=NCC1(c2c(F)cccc2F)CCCC1)N1CCOC(c2cnn(C)c2)C1.I. The van der Waals surface area contributed by atoms with Gasteiger partial charge in [0.05, 0.1) is 25.9 Å². The molecule has 2 heterocycles. The third kappa shape index (κ3) is 5.24. The molecule has 0 radical (unpaired) electrons. The Morgan fingerprint density at radius 2 is 2.00 bits per heavy atom. The van der Waals surface area contributed by atoms with Crippen molar-refractivity contribution in [2.45, 2.75) is 44.1 Å². The van der Waals surface area contributed by atoms with Crippen LogP contribution in [0.25, 0.3) is 0 Å². The highest BCUT2D eigenvalue weighted by atomic mass is 127. The average Bonchev–Trinajstić information content (AvgIpc) is 3.41. The van der Waals surface area contributed by atoms with Crippen LogP contribution in [0, 0.1) is 11.6 Å². The zero-order chi connectivity index (χ0) is 21.8. The molecule has 1 aliphatic heterocycles. The molecule has 2 fully saturated rings. The predicted octanol–water partition coefficient (Wildman–Crippen LogP) is 4.17. The van der Waals surface area contributed by atoms with Gasteiger partial charge in [0.25, 0.3) is 0 Å². The Morgan fingerprint density at radius 3 is 2.62 bits per heavy atom. The number of hydrogen-bond donors (Lipinski definition) is 1. The lowest BCUT2D eigenvalue weighted by atomic mass is 9.78. The van der Waals surface area contributed by atoms with Gasteiger partial charge in [-0.25, -0.2) is 8.78 Å². The number of nitrogens with one attached hydrogen (secondary N) is 1. The molecule has 0 bridgehead atoms. The van der Waals surface area contributed by atoms with E-state index in [0.29, 0.717) is 26.2 Å². The summed E-state index contributed by atoms with van der Waals surface area (Å²) < 4.78 is 37.1. The Balaban J connectivity index is 0.00000289. The van der Waals surface area contributed by atoms with E-state index in [9.17, 15) is 8.78 Å². The first-order chi connectivity index (χ1) is 15.0. The highest BCUT2D eigenvalue weighted by molar-refractivity contribution is 14.0. The minimum atomic E-state index is -0.592. The van der Waals surface area contributed by atoms with Gasteiger partial charge < -0.3 is 15.0 Å². The standard InChI is InChI=1S/C23H31F2N5O.HI/c1-3-26-22(30-11-12-31-20(15-30)17-13-28-29(2)14-17)27-16-23(9-4-5-10-23)21-18(24)7-6-8-19(21)25;/h6-8,13-14,20H,3-5,9-12,15-16H2,1-2H3,(H,26,27);1H. The van der Waals surface area contributed by atoms with Crippen molar-refractivity contribution in [1.29, 1.82) is 0 Å². The van der Waals surface area contributed by atoms with E-state index in [4.69, 9.17) is 9.73 Å². The normalized spacial score (nSPS) is 20.8. The molecule has 4 rings (SSSR count). The van der Waals surface area contributed by atoms with Crippen molar-refractivity contribution in [1.82, 2.24) is 20.0 Å². The summed E-state index contributed by atoms with van der Waals surface area (Å²) in [5, 5.41) is 7.61. The summed E-state index contributed by atoms with van der Waals surface area (Å²) in [5.74, 6) is -0.169. The largest absolute Gasteiger partial charge is 0.370 e. The summed E-state index contributed by atoms with van der Waals surface area (Å²) >= 11 is 0. The quantitative estimate of drug-likeness (QED) is 0.340. The smallest absolute Gasteiger partial charge is 0.194 e. The lowest BCUT2D eigenvalue weighted by molar-refractivity contribution is -0.00807. The van der Waals surface area contributed by atoms with E-state index >= 15 is 0 Å². The van der Waals surface area contributed by atoms with Crippen LogP contribution in [0.15, 0.2) is 35.6 Å². The Morgan fingerprint density at radius 1 is 1.28 bits per heavy atom. The van der Waals surface area contributed by atoms with E-state index in [2.05, 4.69) is 15.3 Å². The van der Waals surface area contributed by atoms with Gasteiger partial charge in [-0.3, -0.25) is 9.67 Å². The first-order valence-corrected chi connectivity index (χ1v) is 11.1. The van der Waals surface area contributed by atoms with Gasteiger partial charge in [0.1, 0.15) is 17.7 Å². The highest BCUT2D eigenvalue weighted by Crippen LogP contribution is 2.43. The molecule has 1 unspecified atom stereocenters. The Bertz CT molecular complexity index is 909. The molecule has 0 spiro atoms. The number of aryl methyl sites for hydroxylation is 1. The molecule has 1 aromatic heterocycles. The first kappa shape index (κ1) is 24.9. The topological polar surface area (TPSA) is 54.7 Å². The molecule has 1 aromatic carbocycles. The second-order valence-electron chi connectivity index (χ2n) is 8.51. The number of ether oxygens (including phenoxy) is 1. The number of guanidine groups is 1. The second kappa shape index (κ2) is 10.9. The summed E-state index contributed by atoms with van der Waals surface area (Å²) in [6.45, 7) is 5.05. The van der Waals surface area contributed by atoms with Crippen molar-refractivity contribution in [3.8, 4) is 0 Å². The second-order valence-corrected chi connectivity index (χ2v) is 8.51. The van der Waals surface area contributed by atoms with Crippen molar-refractivity contribution in [3.05, 3.63) is 53.4 Å². The van der Waals surface area contributed by atoms with Gasteiger partial charge in [0, 0.05) is 42.9 Å². The van der Waals surface area contributed by atoms with Crippen LogP contribution in [-0.2, 0) is 17.2 Å². The number of rotatable bonds is 5. The lowest BCUT2D eigenvalue weighted by Crippen LogP contribution is -2.48. The fourth-order valence-corrected chi connectivity index (χ4v) is 4.85. The number of benzene rings is 1. The molecule has 32 heavy (non-hydrogen) atoms. The van der Waals surface area contributed by atoms with Gasteiger partial charge in [-0.1, -0.05) is 18.9 Å². The van der Waals surface area contributed by atoms with Crippen LogP contribution < -0.4 is 5.32 Å². The van der Waals surface area contributed by atoms with Gasteiger partial charge in [-0.05, 0) is 31.9 Å². The van der Waals surface area contributed by atoms with Crippen molar-refractivity contribution in [2.24, 2.45) is 12.0 Å². The number of aromatic nitrogens is 2. The molecule has 0 amide bonds. The third-order valence-corrected chi connectivity index (χ3v) is 6.38. The Kier molecular flexibility index (Phi) is 8.49. The minimum absolute atomic E-state index is 0. The maximum atomic E-state index is 14.7. The molecule has 1 saturated heterocycles. The molecule has 176 valence electrons. The minimum Gasteiger partial charge on any atom is -0.370 e. The molecular weight excluding hydrogens is 527 g/mol. The molecule has 9 heteroatoms. The summed E-state index contributed by atoms with van der Waals surface area (Å²) in [6.07, 6.45) is 7.11. The molecule has 2 aliphatic rings. The van der Waals surface area contributed by atoms with Crippen LogP contribution >= 0.6 is 24.0 Å². The van der Waals surface area contributed by atoms with E-state index in [-0.39, 0.29) is 35.6 Å². The van der Waals surface area contributed by atoms with Crippen molar-refractivity contribution in [2.75, 3.05) is 32.8 Å². The zero-order valence-corrected chi connectivity index (χ0v) is 21.0. The molecular formula is C23H32F2IN5O. The summed E-state index contributed by atoms with van der Waals surface area (Å²) in [6, 6.07) is 4.14. The fourth-order valence-electron chi connectivity index (χ4n) is 4.85. The number of nitrogens with zero attached hydrogens (tertiary/aromatic N) is 4. The van der Waals surface area contributed by atoms with Crippen LogP contribution in [0.4, 0.5) is 8.78 Å². The fraction of sp³-hybridized carbons (Fsp3) is 0.565.